The second-order valence-electron chi connectivity index (χ2n) is 8.53. The van der Waals surface area contributed by atoms with Gasteiger partial charge in [-0.15, -0.1) is 0 Å². The van der Waals surface area contributed by atoms with Gasteiger partial charge in [0.1, 0.15) is 0 Å². The van der Waals surface area contributed by atoms with E-state index in [4.69, 9.17) is 0 Å². The number of allylic oxidation sites excluding steroid dienone is 2. The lowest BCUT2D eigenvalue weighted by molar-refractivity contribution is 0.419. The molecule has 0 saturated carbocycles. The van der Waals surface area contributed by atoms with E-state index < -0.39 is 0 Å². The fraction of sp³-hybridized carbons (Fsp3) is 0.154. The third-order valence-corrected chi connectivity index (χ3v) is 7.12. The monoisotopic (exact) mass is 405 g/mol. The fourth-order valence-corrected chi connectivity index (χ4v) is 5.86. The van der Waals surface area contributed by atoms with Crippen molar-refractivity contribution >= 4 is 0 Å². The Balaban J connectivity index is 1.45. The van der Waals surface area contributed by atoms with Crippen LogP contribution in [-0.2, 0) is 13.1 Å². The van der Waals surface area contributed by atoms with Crippen molar-refractivity contribution in [2.75, 3.05) is 0 Å². The summed E-state index contributed by atoms with van der Waals surface area (Å²) in [5.74, 6) is 0.284. The Labute approximate surface area is 178 Å². The minimum atomic E-state index is -0.272. The van der Waals surface area contributed by atoms with E-state index in [0.29, 0.717) is 18.8 Å². The Morgan fingerprint density at radius 2 is 0.935 bits per heavy atom. The molecule has 2 heterocycles. The average molecular weight is 405 g/mol. The Morgan fingerprint density at radius 1 is 0.548 bits per heavy atom. The zero-order chi connectivity index (χ0) is 20.7. The predicted octanol–water partition coefficient (Wildman–Crippen LogP) is 3.40. The average Bonchev–Trinajstić information content (AvgIpc) is 3.07. The number of hydrogen-bond acceptors (Lipinski definition) is 2. The largest absolute Gasteiger partial charge is 0.352 e. The predicted molar refractivity (Wildman–Crippen MR) is 118 cm³/mol. The standard InChI is InChI=1S/C26H19N3O2/c30-25-27-14-21-22(15-28(27)26(31)29(25)16-8-2-1-3-9-16)24-18-11-5-4-10-17(18)23(21)19-12-6-7-13-20(19)24/h1-13,23-24H,14-15H2. The Kier molecular flexibility index (Phi) is 3.19. The zero-order valence-electron chi connectivity index (χ0n) is 16.7. The second kappa shape index (κ2) is 5.85. The van der Waals surface area contributed by atoms with Gasteiger partial charge in [-0.1, -0.05) is 66.7 Å². The van der Waals surface area contributed by atoms with Crippen LogP contribution in [0, 0.1) is 0 Å². The summed E-state index contributed by atoms with van der Waals surface area (Å²) in [4.78, 5) is 26.6. The van der Waals surface area contributed by atoms with Crippen molar-refractivity contribution < 1.29 is 0 Å². The molecule has 1 aromatic heterocycles. The van der Waals surface area contributed by atoms with E-state index in [1.165, 1.54) is 38.0 Å². The summed E-state index contributed by atoms with van der Waals surface area (Å²) in [6.07, 6.45) is 0. The van der Waals surface area contributed by atoms with E-state index in [1.807, 2.05) is 18.2 Å². The third-order valence-electron chi connectivity index (χ3n) is 7.12. The number of hydrogen-bond donors (Lipinski definition) is 0. The Morgan fingerprint density at radius 3 is 1.35 bits per heavy atom. The van der Waals surface area contributed by atoms with Crippen molar-refractivity contribution in [3.8, 4) is 5.69 Å². The lowest BCUT2D eigenvalue weighted by Crippen LogP contribution is -2.40. The molecule has 0 unspecified atom stereocenters. The quantitative estimate of drug-likeness (QED) is 0.456. The molecule has 0 radical (unpaired) electrons. The van der Waals surface area contributed by atoms with Gasteiger partial charge in [-0.05, 0) is 45.5 Å². The molecule has 8 rings (SSSR count). The summed E-state index contributed by atoms with van der Waals surface area (Å²) in [5.41, 5.74) is 7.93. The molecule has 0 atom stereocenters. The van der Waals surface area contributed by atoms with Crippen molar-refractivity contribution in [2.45, 2.75) is 24.9 Å². The highest BCUT2D eigenvalue weighted by Gasteiger charge is 2.44. The van der Waals surface area contributed by atoms with E-state index in [0.717, 1.165) is 0 Å². The molecule has 2 bridgehead atoms. The summed E-state index contributed by atoms with van der Waals surface area (Å²) < 4.78 is 4.54. The van der Waals surface area contributed by atoms with Gasteiger partial charge < -0.3 is 0 Å². The fourth-order valence-electron chi connectivity index (χ4n) is 5.86. The number of benzene rings is 3. The zero-order valence-corrected chi connectivity index (χ0v) is 16.7. The molecule has 5 heteroatoms. The Hall–Kier alpha value is -3.86. The van der Waals surface area contributed by atoms with Crippen LogP contribution >= 0.6 is 0 Å². The van der Waals surface area contributed by atoms with Crippen molar-refractivity contribution in [1.82, 2.24) is 13.9 Å². The van der Waals surface area contributed by atoms with E-state index in [2.05, 4.69) is 48.5 Å². The third kappa shape index (κ3) is 2.05. The van der Waals surface area contributed by atoms with Crippen LogP contribution in [0.15, 0.2) is 99.6 Å². The minimum Gasteiger partial charge on any atom is -0.245 e. The summed E-state index contributed by atoms with van der Waals surface area (Å²) in [7, 11) is 0. The first-order valence-electron chi connectivity index (χ1n) is 10.6. The number of rotatable bonds is 1. The summed E-state index contributed by atoms with van der Waals surface area (Å²) in [6.45, 7) is 0.903. The van der Waals surface area contributed by atoms with Gasteiger partial charge in [0.05, 0.1) is 18.8 Å². The van der Waals surface area contributed by atoms with Crippen LogP contribution in [0.1, 0.15) is 34.1 Å². The molecule has 150 valence electrons. The normalized spacial score (nSPS) is 20.1. The van der Waals surface area contributed by atoms with Crippen molar-refractivity contribution in [2.24, 2.45) is 0 Å². The molecule has 31 heavy (non-hydrogen) atoms. The molecular formula is C26H19N3O2. The van der Waals surface area contributed by atoms with E-state index in [1.54, 1.807) is 21.5 Å². The number of fused-ring (bicyclic) bond motifs is 1. The Bertz CT molecular complexity index is 1390. The van der Waals surface area contributed by atoms with Gasteiger partial charge in [0.2, 0.25) is 0 Å². The van der Waals surface area contributed by atoms with Gasteiger partial charge in [0.25, 0.3) is 0 Å². The molecule has 3 aliphatic carbocycles. The van der Waals surface area contributed by atoms with Crippen LogP contribution in [0.25, 0.3) is 5.69 Å². The highest BCUT2D eigenvalue weighted by Crippen LogP contribution is 2.56. The topological polar surface area (TPSA) is 48.9 Å². The molecule has 0 fully saturated rings. The molecule has 0 amide bonds. The number of nitrogens with zero attached hydrogens (tertiary/aromatic N) is 3. The first-order chi connectivity index (χ1) is 15.2. The van der Waals surface area contributed by atoms with Crippen LogP contribution in [0.4, 0.5) is 0 Å². The van der Waals surface area contributed by atoms with Gasteiger partial charge >= 0.3 is 11.4 Å². The van der Waals surface area contributed by atoms with Gasteiger partial charge in [0.15, 0.2) is 0 Å². The molecule has 1 aliphatic heterocycles. The SMILES string of the molecule is O=c1n(-c2ccccc2)c(=O)n2n1CC1=C(C2)C2c3ccccc3C1c1ccccc12. The molecule has 5 nitrogen and oxygen atoms in total. The molecule has 0 N–H and O–H groups in total. The summed E-state index contributed by atoms with van der Waals surface area (Å²) in [6, 6.07) is 26.4. The molecule has 4 aliphatic rings. The van der Waals surface area contributed by atoms with Gasteiger partial charge in [-0.2, -0.15) is 0 Å². The maximum Gasteiger partial charge on any atom is 0.352 e. The maximum absolute atomic E-state index is 13.3. The molecule has 4 aromatic rings. The molecular weight excluding hydrogens is 386 g/mol. The number of aromatic nitrogens is 3. The summed E-state index contributed by atoms with van der Waals surface area (Å²) in [5, 5.41) is 0. The minimum absolute atomic E-state index is 0.142. The van der Waals surface area contributed by atoms with Gasteiger partial charge in [0, 0.05) is 11.8 Å². The van der Waals surface area contributed by atoms with Gasteiger partial charge in [-0.25, -0.2) is 23.5 Å². The van der Waals surface area contributed by atoms with E-state index >= 15 is 0 Å². The van der Waals surface area contributed by atoms with Crippen LogP contribution in [-0.4, -0.2) is 13.9 Å². The van der Waals surface area contributed by atoms with Crippen LogP contribution in [0.5, 0.6) is 0 Å². The first-order valence-corrected chi connectivity index (χ1v) is 10.6. The van der Waals surface area contributed by atoms with E-state index in [9.17, 15) is 9.59 Å². The lowest BCUT2D eigenvalue weighted by atomic mass is 9.60. The lowest BCUT2D eigenvalue weighted by Gasteiger charge is -2.45. The highest BCUT2D eigenvalue weighted by atomic mass is 16.2. The number of para-hydroxylation sites is 1. The van der Waals surface area contributed by atoms with Crippen molar-refractivity contribution in [3.63, 3.8) is 0 Å². The van der Waals surface area contributed by atoms with Crippen LogP contribution in [0.2, 0.25) is 0 Å². The molecule has 0 saturated heterocycles. The van der Waals surface area contributed by atoms with Crippen molar-refractivity contribution in [3.05, 3.63) is 133 Å². The summed E-state index contributed by atoms with van der Waals surface area (Å²) >= 11 is 0. The highest BCUT2D eigenvalue weighted by molar-refractivity contribution is 5.65. The molecule has 3 aromatic carbocycles. The van der Waals surface area contributed by atoms with Crippen LogP contribution < -0.4 is 11.4 Å². The first kappa shape index (κ1) is 16.9. The van der Waals surface area contributed by atoms with Gasteiger partial charge in [-0.3, -0.25) is 0 Å². The van der Waals surface area contributed by atoms with E-state index in [-0.39, 0.29) is 23.2 Å². The smallest absolute Gasteiger partial charge is 0.245 e. The van der Waals surface area contributed by atoms with Crippen molar-refractivity contribution in [1.29, 1.82) is 0 Å². The maximum atomic E-state index is 13.3. The van der Waals surface area contributed by atoms with Crippen LogP contribution in [0.3, 0.4) is 0 Å². The molecule has 0 spiro atoms. The second-order valence-corrected chi connectivity index (χ2v) is 8.53.